The second-order valence-corrected chi connectivity index (χ2v) is 7.43. The van der Waals surface area contributed by atoms with Crippen molar-refractivity contribution >= 4 is 69.5 Å². The highest BCUT2D eigenvalue weighted by molar-refractivity contribution is 8.26. The van der Waals surface area contributed by atoms with Crippen molar-refractivity contribution in [3.8, 4) is 0 Å². The van der Waals surface area contributed by atoms with Crippen LogP contribution in [0.25, 0.3) is 6.08 Å². The molecule has 0 spiro atoms. The van der Waals surface area contributed by atoms with Gasteiger partial charge in [0.25, 0.3) is 5.91 Å². The summed E-state index contributed by atoms with van der Waals surface area (Å²) >= 11 is 18.6. The predicted octanol–water partition coefficient (Wildman–Crippen LogP) is 4.54. The molecule has 8 heteroatoms. The minimum Gasteiger partial charge on any atom is -0.466 e. The molecule has 0 aliphatic carbocycles. The molecule has 0 N–H and O–H groups in total. The van der Waals surface area contributed by atoms with Crippen molar-refractivity contribution in [3.63, 3.8) is 0 Å². The lowest BCUT2D eigenvalue weighted by atomic mass is 10.2. The van der Waals surface area contributed by atoms with E-state index in [4.69, 9.17) is 40.2 Å². The fourth-order valence-electron chi connectivity index (χ4n) is 1.96. The van der Waals surface area contributed by atoms with Gasteiger partial charge >= 0.3 is 5.97 Å². The molecule has 0 aromatic heterocycles. The first-order chi connectivity index (χ1) is 11.4. The number of carbonyl (C=O) groups is 2. The second-order valence-electron chi connectivity index (χ2n) is 4.94. The number of esters is 1. The van der Waals surface area contributed by atoms with Gasteiger partial charge in [0.1, 0.15) is 4.32 Å². The number of thioether (sulfide) groups is 1. The molecule has 0 radical (unpaired) electrons. The molecule has 0 atom stereocenters. The maximum atomic E-state index is 12.5. The van der Waals surface area contributed by atoms with Crippen LogP contribution in [0.15, 0.2) is 23.1 Å². The van der Waals surface area contributed by atoms with Crippen LogP contribution < -0.4 is 0 Å². The van der Waals surface area contributed by atoms with Gasteiger partial charge < -0.3 is 4.74 Å². The molecule has 1 aliphatic rings. The molecule has 1 heterocycles. The van der Waals surface area contributed by atoms with E-state index in [0.29, 0.717) is 31.4 Å². The van der Waals surface area contributed by atoms with Gasteiger partial charge in [-0.1, -0.05) is 60.2 Å². The quantitative estimate of drug-likeness (QED) is 0.396. The summed E-state index contributed by atoms with van der Waals surface area (Å²) < 4.78 is 5.40. The summed E-state index contributed by atoms with van der Waals surface area (Å²) in [6.45, 7) is 2.49. The highest BCUT2D eigenvalue weighted by atomic mass is 35.5. The van der Waals surface area contributed by atoms with Crippen LogP contribution in [0.5, 0.6) is 0 Å². The summed E-state index contributed by atoms with van der Waals surface area (Å²) in [7, 11) is 0. The van der Waals surface area contributed by atoms with Crippen LogP contribution in [0, 0.1) is 0 Å². The Morgan fingerprint density at radius 3 is 2.67 bits per heavy atom. The van der Waals surface area contributed by atoms with E-state index < -0.39 is 0 Å². The van der Waals surface area contributed by atoms with Crippen LogP contribution in [0.2, 0.25) is 10.0 Å². The van der Waals surface area contributed by atoms with E-state index in [0.717, 1.165) is 18.2 Å². The van der Waals surface area contributed by atoms with Crippen LogP contribution in [0.1, 0.15) is 25.3 Å². The summed E-state index contributed by atoms with van der Waals surface area (Å²) in [5.74, 6) is -0.603. The molecule has 1 aliphatic heterocycles. The SMILES string of the molecule is CCCOC(=O)CCN1C(=O)/C(=C/c2c(Cl)cccc2Cl)SC1=S. The molecule has 0 bridgehead atoms. The third-order valence-corrected chi connectivity index (χ3v) is 5.19. The van der Waals surface area contributed by atoms with Gasteiger partial charge in [0.15, 0.2) is 0 Å². The van der Waals surface area contributed by atoms with E-state index in [1.54, 1.807) is 24.3 Å². The van der Waals surface area contributed by atoms with Crippen molar-refractivity contribution in [2.75, 3.05) is 13.2 Å². The maximum Gasteiger partial charge on any atom is 0.307 e. The van der Waals surface area contributed by atoms with E-state index in [9.17, 15) is 9.59 Å². The Hall–Kier alpha value is -1.08. The molecule has 0 saturated carbocycles. The van der Waals surface area contributed by atoms with E-state index in [1.807, 2.05) is 6.92 Å². The monoisotopic (exact) mass is 403 g/mol. The standard InChI is InChI=1S/C16H15Cl2NO3S2/c1-2-8-22-14(20)6-7-19-15(21)13(24-16(19)23)9-10-11(17)4-3-5-12(10)18/h3-5,9H,2,6-8H2,1H3/b13-9-. The number of thiocarbonyl (C=S) groups is 1. The maximum absolute atomic E-state index is 12.5. The van der Waals surface area contributed by atoms with Crippen LogP contribution in [0.4, 0.5) is 0 Å². The molecule has 1 fully saturated rings. The topological polar surface area (TPSA) is 46.6 Å². The Morgan fingerprint density at radius 1 is 1.38 bits per heavy atom. The van der Waals surface area contributed by atoms with Gasteiger partial charge in [-0.25, -0.2) is 0 Å². The van der Waals surface area contributed by atoms with Crippen LogP contribution in [-0.4, -0.2) is 34.2 Å². The van der Waals surface area contributed by atoms with Gasteiger partial charge in [-0.05, 0) is 24.6 Å². The van der Waals surface area contributed by atoms with Crippen molar-refractivity contribution in [1.29, 1.82) is 0 Å². The molecule has 128 valence electrons. The molecule has 1 aromatic carbocycles. The highest BCUT2D eigenvalue weighted by Gasteiger charge is 2.32. The average Bonchev–Trinajstić information content (AvgIpc) is 2.81. The van der Waals surface area contributed by atoms with E-state index in [2.05, 4.69) is 0 Å². The molecule has 1 saturated heterocycles. The third kappa shape index (κ3) is 4.72. The number of ether oxygens (including phenoxy) is 1. The normalized spacial score (nSPS) is 16.1. The van der Waals surface area contributed by atoms with Gasteiger partial charge in [-0.2, -0.15) is 0 Å². The molecular weight excluding hydrogens is 389 g/mol. The number of rotatable bonds is 6. The predicted molar refractivity (Wildman–Crippen MR) is 102 cm³/mol. The number of carbonyl (C=O) groups excluding carboxylic acids is 2. The molecule has 1 amide bonds. The smallest absolute Gasteiger partial charge is 0.307 e. The van der Waals surface area contributed by atoms with Gasteiger partial charge in [0.05, 0.1) is 17.9 Å². The van der Waals surface area contributed by atoms with Crippen molar-refractivity contribution in [1.82, 2.24) is 4.90 Å². The Labute approximate surface area is 160 Å². The third-order valence-electron chi connectivity index (χ3n) is 3.16. The summed E-state index contributed by atoms with van der Waals surface area (Å²) in [6.07, 6.45) is 2.49. The van der Waals surface area contributed by atoms with Crippen LogP contribution in [0.3, 0.4) is 0 Å². The lowest BCUT2D eigenvalue weighted by Crippen LogP contribution is -2.30. The molecule has 4 nitrogen and oxygen atoms in total. The largest absolute Gasteiger partial charge is 0.466 e. The van der Waals surface area contributed by atoms with Crippen LogP contribution in [-0.2, 0) is 14.3 Å². The zero-order valence-electron chi connectivity index (χ0n) is 12.9. The zero-order chi connectivity index (χ0) is 17.7. The van der Waals surface area contributed by atoms with E-state index in [1.165, 1.54) is 4.90 Å². The molecule has 0 unspecified atom stereocenters. The van der Waals surface area contributed by atoms with Crippen LogP contribution >= 0.6 is 47.2 Å². The van der Waals surface area contributed by atoms with Gasteiger partial charge in [0.2, 0.25) is 0 Å². The first-order valence-corrected chi connectivity index (χ1v) is 9.27. The first-order valence-electron chi connectivity index (χ1n) is 7.29. The minimum atomic E-state index is -0.343. The summed E-state index contributed by atoms with van der Waals surface area (Å²) in [4.78, 5) is 25.9. The minimum absolute atomic E-state index is 0.104. The Kier molecular flexibility index (Phi) is 7.10. The second kappa shape index (κ2) is 8.85. The van der Waals surface area contributed by atoms with Gasteiger partial charge in [0, 0.05) is 22.2 Å². The van der Waals surface area contributed by atoms with Crippen molar-refractivity contribution in [2.45, 2.75) is 19.8 Å². The van der Waals surface area contributed by atoms with Crippen molar-refractivity contribution in [3.05, 3.63) is 38.7 Å². The number of halogens is 2. The lowest BCUT2D eigenvalue weighted by molar-refractivity contribution is -0.143. The Balaban J connectivity index is 2.08. The fourth-order valence-corrected chi connectivity index (χ4v) is 3.76. The van der Waals surface area contributed by atoms with E-state index in [-0.39, 0.29) is 24.8 Å². The number of nitrogens with zero attached hydrogens (tertiary/aromatic N) is 1. The lowest BCUT2D eigenvalue weighted by Gasteiger charge is -2.13. The number of hydrogen-bond acceptors (Lipinski definition) is 5. The first kappa shape index (κ1) is 19.2. The number of benzene rings is 1. The Bertz CT molecular complexity index is 686. The van der Waals surface area contributed by atoms with Gasteiger partial charge in [-0.3, -0.25) is 14.5 Å². The highest BCUT2D eigenvalue weighted by Crippen LogP contribution is 2.35. The summed E-state index contributed by atoms with van der Waals surface area (Å²) in [6, 6.07) is 5.13. The summed E-state index contributed by atoms with van der Waals surface area (Å²) in [5.41, 5.74) is 0.573. The molecule has 1 aromatic rings. The average molecular weight is 404 g/mol. The fraction of sp³-hybridized carbons (Fsp3) is 0.312. The zero-order valence-corrected chi connectivity index (χ0v) is 16.0. The van der Waals surface area contributed by atoms with E-state index >= 15 is 0 Å². The number of hydrogen-bond donors (Lipinski definition) is 0. The molecular formula is C16H15Cl2NO3S2. The van der Waals surface area contributed by atoms with Gasteiger partial charge in [-0.15, -0.1) is 0 Å². The number of amides is 1. The molecule has 2 rings (SSSR count). The molecule has 24 heavy (non-hydrogen) atoms. The Morgan fingerprint density at radius 2 is 2.04 bits per heavy atom. The van der Waals surface area contributed by atoms with Crippen molar-refractivity contribution in [2.24, 2.45) is 0 Å². The van der Waals surface area contributed by atoms with Crippen molar-refractivity contribution < 1.29 is 14.3 Å². The summed E-state index contributed by atoms with van der Waals surface area (Å²) in [5, 5.41) is 0.909.